The van der Waals surface area contributed by atoms with Crippen molar-refractivity contribution in [3.8, 4) is 6.07 Å². The lowest BCUT2D eigenvalue weighted by Gasteiger charge is -2.18. The van der Waals surface area contributed by atoms with E-state index in [1.807, 2.05) is 19.1 Å². The zero-order chi connectivity index (χ0) is 23.9. The third-order valence-corrected chi connectivity index (χ3v) is 5.25. The van der Waals surface area contributed by atoms with Crippen LogP contribution in [-0.4, -0.2) is 16.8 Å². The van der Waals surface area contributed by atoms with Crippen molar-refractivity contribution < 1.29 is 27.2 Å². The first-order valence-electron chi connectivity index (χ1n) is 9.58. The third-order valence-electron chi connectivity index (χ3n) is 5.25. The van der Waals surface area contributed by atoms with E-state index in [0.717, 1.165) is 11.8 Å². The van der Waals surface area contributed by atoms with Gasteiger partial charge < -0.3 is 10.6 Å². The number of benzene rings is 2. The van der Waals surface area contributed by atoms with E-state index in [4.69, 9.17) is 0 Å². The molecule has 1 atom stereocenters. The van der Waals surface area contributed by atoms with E-state index in [1.54, 1.807) is 18.2 Å². The van der Waals surface area contributed by atoms with Crippen molar-refractivity contribution in [3.63, 3.8) is 0 Å². The Morgan fingerprint density at radius 1 is 1.21 bits per heavy atom. The number of pyridine rings is 1. The molecular weight excluding hydrogens is 440 g/mol. The monoisotopic (exact) mass is 454 g/mol. The molecule has 10 heteroatoms. The van der Waals surface area contributed by atoms with Gasteiger partial charge in [0.2, 0.25) is 0 Å². The number of rotatable bonds is 3. The number of nitriles is 1. The zero-order valence-electron chi connectivity index (χ0n) is 16.9. The van der Waals surface area contributed by atoms with Crippen LogP contribution in [0.3, 0.4) is 0 Å². The molecule has 0 fully saturated rings. The molecule has 33 heavy (non-hydrogen) atoms. The summed E-state index contributed by atoms with van der Waals surface area (Å²) in [5.41, 5.74) is -0.306. The average molecular weight is 454 g/mol. The SMILES string of the molecule is Cc1ccccc1C1NC(=O)c2c(C#N)ncc(NC(=O)c3cc(F)cc(C(F)(F)F)c3)c21. The Kier molecular flexibility index (Phi) is 5.33. The smallest absolute Gasteiger partial charge is 0.341 e. The number of fused-ring (bicyclic) bond motifs is 1. The van der Waals surface area contributed by atoms with Crippen molar-refractivity contribution >= 4 is 17.5 Å². The number of hydrogen-bond acceptors (Lipinski definition) is 4. The number of carbonyl (C=O) groups is 2. The molecule has 3 aromatic rings. The Labute approximate surface area is 184 Å². The van der Waals surface area contributed by atoms with Gasteiger partial charge in [0.05, 0.1) is 29.1 Å². The van der Waals surface area contributed by atoms with E-state index in [-0.39, 0.29) is 28.6 Å². The summed E-state index contributed by atoms with van der Waals surface area (Å²) in [5.74, 6) is -2.84. The van der Waals surface area contributed by atoms with E-state index in [9.17, 15) is 32.4 Å². The van der Waals surface area contributed by atoms with Gasteiger partial charge >= 0.3 is 6.18 Å². The molecule has 1 aliphatic heterocycles. The number of halogens is 4. The third kappa shape index (κ3) is 4.01. The van der Waals surface area contributed by atoms with E-state index >= 15 is 0 Å². The van der Waals surface area contributed by atoms with E-state index < -0.39 is 41.0 Å². The molecule has 1 aliphatic rings. The van der Waals surface area contributed by atoms with Crippen LogP contribution in [0.5, 0.6) is 0 Å². The second-order valence-electron chi connectivity index (χ2n) is 7.36. The number of aryl methyl sites for hydroxylation is 1. The Morgan fingerprint density at radius 2 is 1.94 bits per heavy atom. The topological polar surface area (TPSA) is 94.9 Å². The zero-order valence-corrected chi connectivity index (χ0v) is 16.9. The number of anilines is 1. The molecule has 0 saturated heterocycles. The van der Waals surface area contributed by atoms with Gasteiger partial charge in [-0.05, 0) is 36.2 Å². The van der Waals surface area contributed by atoms with Gasteiger partial charge in [-0.3, -0.25) is 9.59 Å². The highest BCUT2D eigenvalue weighted by Crippen LogP contribution is 2.38. The second kappa shape index (κ2) is 8.02. The van der Waals surface area contributed by atoms with Crippen molar-refractivity contribution in [3.05, 3.63) is 93.6 Å². The van der Waals surface area contributed by atoms with Gasteiger partial charge in [0.25, 0.3) is 11.8 Å². The molecule has 4 rings (SSSR count). The van der Waals surface area contributed by atoms with Gasteiger partial charge in [0.1, 0.15) is 11.9 Å². The molecule has 166 valence electrons. The van der Waals surface area contributed by atoms with Gasteiger partial charge in [-0.15, -0.1) is 0 Å². The summed E-state index contributed by atoms with van der Waals surface area (Å²) in [5, 5.41) is 14.6. The Hall–Kier alpha value is -4.26. The Balaban J connectivity index is 1.80. The number of amides is 2. The van der Waals surface area contributed by atoms with Gasteiger partial charge in [-0.2, -0.15) is 18.4 Å². The van der Waals surface area contributed by atoms with Crippen LogP contribution in [0.1, 0.15) is 54.7 Å². The van der Waals surface area contributed by atoms with Gasteiger partial charge in [-0.1, -0.05) is 24.3 Å². The lowest BCUT2D eigenvalue weighted by atomic mass is 9.93. The highest BCUT2D eigenvalue weighted by molar-refractivity contribution is 6.08. The largest absolute Gasteiger partial charge is 0.416 e. The van der Waals surface area contributed by atoms with Crippen LogP contribution in [0.4, 0.5) is 23.2 Å². The first-order chi connectivity index (χ1) is 15.6. The molecule has 2 amide bonds. The van der Waals surface area contributed by atoms with Gasteiger partial charge in [0, 0.05) is 11.1 Å². The number of nitrogens with zero attached hydrogens (tertiary/aromatic N) is 2. The normalized spacial score (nSPS) is 14.9. The first-order valence-corrected chi connectivity index (χ1v) is 9.58. The first kappa shape index (κ1) is 22.0. The summed E-state index contributed by atoms with van der Waals surface area (Å²) >= 11 is 0. The van der Waals surface area contributed by atoms with Crippen molar-refractivity contribution in [2.45, 2.75) is 19.1 Å². The molecule has 1 aromatic heterocycles. The van der Waals surface area contributed by atoms with Gasteiger partial charge in [-0.25, -0.2) is 9.37 Å². The average Bonchev–Trinajstić information content (AvgIpc) is 3.11. The summed E-state index contributed by atoms with van der Waals surface area (Å²) in [4.78, 5) is 29.3. The minimum atomic E-state index is -4.85. The van der Waals surface area contributed by atoms with Crippen molar-refractivity contribution in [2.75, 3.05) is 5.32 Å². The lowest BCUT2D eigenvalue weighted by Crippen LogP contribution is -2.21. The summed E-state index contributed by atoms with van der Waals surface area (Å²) in [6.45, 7) is 1.82. The van der Waals surface area contributed by atoms with Crippen LogP contribution >= 0.6 is 0 Å². The Morgan fingerprint density at radius 3 is 2.61 bits per heavy atom. The molecule has 0 saturated carbocycles. The highest BCUT2D eigenvalue weighted by Gasteiger charge is 2.37. The van der Waals surface area contributed by atoms with Crippen molar-refractivity contribution in [1.82, 2.24) is 10.3 Å². The molecule has 6 nitrogen and oxygen atoms in total. The summed E-state index contributed by atoms with van der Waals surface area (Å²) in [6, 6.07) is 9.70. The minimum absolute atomic E-state index is 0.0124. The number of carbonyl (C=O) groups excluding carboxylic acids is 2. The molecule has 0 radical (unpaired) electrons. The number of alkyl halides is 3. The number of hydrogen-bond donors (Lipinski definition) is 2. The van der Waals surface area contributed by atoms with Crippen LogP contribution < -0.4 is 10.6 Å². The van der Waals surface area contributed by atoms with Crippen LogP contribution in [0, 0.1) is 24.1 Å². The predicted octanol–water partition coefficient (Wildman–Crippen LogP) is 4.50. The van der Waals surface area contributed by atoms with Gasteiger partial charge in [0.15, 0.2) is 5.69 Å². The molecule has 2 aromatic carbocycles. The van der Waals surface area contributed by atoms with E-state index in [2.05, 4.69) is 15.6 Å². The maximum atomic E-state index is 13.8. The van der Waals surface area contributed by atoms with Crippen LogP contribution in [0.25, 0.3) is 0 Å². The molecule has 2 N–H and O–H groups in total. The summed E-state index contributed by atoms with van der Waals surface area (Å²) in [7, 11) is 0. The molecule has 0 bridgehead atoms. The second-order valence-corrected chi connectivity index (χ2v) is 7.36. The predicted molar refractivity (Wildman–Crippen MR) is 109 cm³/mol. The van der Waals surface area contributed by atoms with Crippen LogP contribution in [0.2, 0.25) is 0 Å². The highest BCUT2D eigenvalue weighted by atomic mass is 19.4. The lowest BCUT2D eigenvalue weighted by molar-refractivity contribution is -0.137. The fourth-order valence-electron chi connectivity index (χ4n) is 3.74. The molecule has 0 aliphatic carbocycles. The quantitative estimate of drug-likeness (QED) is 0.570. The standard InChI is InChI=1S/C23H14F4N4O2/c1-11-4-2-3-5-15(11)20-18-17(10-29-16(9-28)19(18)22(33)31-20)30-21(32)12-6-13(23(25,26)27)8-14(24)7-12/h2-8,10,20H,1H3,(H,30,32)(H,31,33). The Bertz CT molecular complexity index is 1350. The fraction of sp³-hybridized carbons (Fsp3) is 0.130. The number of nitrogens with one attached hydrogen (secondary N) is 2. The molecular formula is C23H14F4N4O2. The maximum absolute atomic E-state index is 13.8. The van der Waals surface area contributed by atoms with E-state index in [0.29, 0.717) is 17.7 Å². The van der Waals surface area contributed by atoms with Crippen LogP contribution in [-0.2, 0) is 6.18 Å². The minimum Gasteiger partial charge on any atom is -0.341 e. The fourth-order valence-corrected chi connectivity index (χ4v) is 3.74. The summed E-state index contributed by atoms with van der Waals surface area (Å²) in [6.07, 6.45) is -3.70. The molecule has 2 heterocycles. The van der Waals surface area contributed by atoms with Crippen molar-refractivity contribution in [2.24, 2.45) is 0 Å². The maximum Gasteiger partial charge on any atom is 0.416 e. The molecule has 1 unspecified atom stereocenters. The number of aromatic nitrogens is 1. The molecule has 0 spiro atoms. The van der Waals surface area contributed by atoms with Crippen molar-refractivity contribution in [1.29, 1.82) is 5.26 Å². The van der Waals surface area contributed by atoms with Crippen LogP contribution in [0.15, 0.2) is 48.7 Å². The summed E-state index contributed by atoms with van der Waals surface area (Å²) < 4.78 is 52.9. The van der Waals surface area contributed by atoms with E-state index in [1.165, 1.54) is 0 Å².